The third-order valence-corrected chi connectivity index (χ3v) is 16.7. The Hall–Kier alpha value is -8.58. The maximum Gasteiger partial charge on any atom is -0.00258 e. The van der Waals surface area contributed by atoms with Gasteiger partial charge in [0.05, 0.1) is 0 Å². The van der Waals surface area contributed by atoms with Crippen LogP contribution < -0.4 is 0 Å². The quantitative estimate of drug-likeness (QED) is 0.161. The molecule has 0 atom stereocenters. The minimum atomic E-state index is 0. The first-order chi connectivity index (χ1) is 41.7. The molecule has 0 aliphatic carbocycles. The van der Waals surface area contributed by atoms with E-state index in [9.17, 15) is 0 Å². The molecular weight excluding hydrogens is 1130 g/mol. The van der Waals surface area contributed by atoms with E-state index in [-0.39, 0.29) is 44.6 Å². The minimum Gasteiger partial charge on any atom is -0.0776 e. The monoisotopic (exact) mass is 1250 g/mol. The summed E-state index contributed by atoms with van der Waals surface area (Å²) in [5.74, 6) is 0. The molecule has 502 valence electrons. The van der Waals surface area contributed by atoms with E-state index in [1.807, 2.05) is 0 Å². The van der Waals surface area contributed by atoms with Crippen LogP contribution >= 0.6 is 0 Å². The first kappa shape index (κ1) is 87.5. The third-order valence-electron chi connectivity index (χ3n) is 16.7. The van der Waals surface area contributed by atoms with Crippen molar-refractivity contribution in [2.45, 2.75) is 196 Å². The highest BCUT2D eigenvalue weighted by atomic mass is 14.1. The SMILES string of the molecule is C.C.C.C.C.C.Cc1cc(-c2cc(C)c(C)c(C)c2)cc(C)c1C.Cc1ccc(-c2ccc(C)c(C)c2)cc1C.Cc1ccc(-c2ccc(C)cc2)cc1.Cc1ccc(C)c(C)c1.Cc1ccc(C)cc1.Cc1ccc(Cc2ccc(C)cc2)cc1.Cc1cccc(C)c1. The lowest BCUT2D eigenvalue weighted by Crippen LogP contribution is -1.92. The molecular formula is C94H126. The Bertz CT molecular complexity index is 3640. The highest BCUT2D eigenvalue weighted by Gasteiger charge is 2.07. The maximum atomic E-state index is 2.30. The zero-order valence-corrected chi connectivity index (χ0v) is 57.6. The lowest BCUT2D eigenvalue weighted by molar-refractivity contribution is 1.18. The second kappa shape index (κ2) is 43.3. The van der Waals surface area contributed by atoms with Crippen LogP contribution in [0.5, 0.6) is 0 Å². The van der Waals surface area contributed by atoms with E-state index in [0.717, 1.165) is 6.42 Å². The average molecular weight is 1260 g/mol. The summed E-state index contributed by atoms with van der Waals surface area (Å²) in [5.41, 5.74) is 39.1. The van der Waals surface area contributed by atoms with Crippen molar-refractivity contribution >= 4 is 0 Å². The van der Waals surface area contributed by atoms with Crippen molar-refractivity contribution in [2.75, 3.05) is 0 Å². The van der Waals surface area contributed by atoms with Crippen LogP contribution in [-0.4, -0.2) is 0 Å². The van der Waals surface area contributed by atoms with Crippen LogP contribution in [0.2, 0.25) is 0 Å². The molecule has 0 radical (unpaired) electrons. The van der Waals surface area contributed by atoms with Crippen molar-refractivity contribution in [3.8, 4) is 33.4 Å². The van der Waals surface area contributed by atoms with Crippen molar-refractivity contribution in [3.05, 3.63) is 352 Å². The van der Waals surface area contributed by atoms with Gasteiger partial charge in [-0.05, 0) is 263 Å². The van der Waals surface area contributed by atoms with E-state index in [4.69, 9.17) is 0 Å². The highest BCUT2D eigenvalue weighted by Crippen LogP contribution is 2.29. The summed E-state index contributed by atoms with van der Waals surface area (Å²) in [5, 5.41) is 0. The Labute approximate surface area is 578 Å². The van der Waals surface area contributed by atoms with Crippen LogP contribution in [-0.2, 0) is 6.42 Å². The third kappa shape index (κ3) is 29.6. The van der Waals surface area contributed by atoms with Crippen LogP contribution in [0.4, 0.5) is 0 Å². The summed E-state index contributed by atoms with van der Waals surface area (Å²) in [4.78, 5) is 0. The largest absolute Gasteiger partial charge is 0.0776 e. The molecule has 0 aliphatic rings. The van der Waals surface area contributed by atoms with Crippen molar-refractivity contribution in [1.29, 1.82) is 0 Å². The first-order valence-corrected chi connectivity index (χ1v) is 31.4. The average Bonchev–Trinajstić information content (AvgIpc) is 0.835. The van der Waals surface area contributed by atoms with E-state index >= 15 is 0 Å². The molecule has 0 unspecified atom stereocenters. The topological polar surface area (TPSA) is 0 Å². The summed E-state index contributed by atoms with van der Waals surface area (Å²) >= 11 is 0. The Kier molecular flexibility index (Phi) is 40.3. The smallest absolute Gasteiger partial charge is 0.00258 e. The van der Waals surface area contributed by atoms with E-state index in [1.165, 1.54) is 161 Å². The zero-order chi connectivity index (χ0) is 64.6. The van der Waals surface area contributed by atoms with Gasteiger partial charge in [0, 0.05) is 0 Å². The molecule has 0 nitrogen and oxygen atoms in total. The van der Waals surface area contributed by atoms with E-state index in [2.05, 4.69) is 370 Å². The lowest BCUT2D eigenvalue weighted by Gasteiger charge is -2.12. The highest BCUT2D eigenvalue weighted by molar-refractivity contribution is 5.69. The lowest BCUT2D eigenvalue weighted by atomic mass is 9.93. The van der Waals surface area contributed by atoms with E-state index < -0.39 is 0 Å². The molecule has 0 heteroatoms. The molecule has 0 amide bonds. The Balaban J connectivity index is 0. The van der Waals surface area contributed by atoms with Gasteiger partial charge < -0.3 is 0 Å². The fourth-order valence-electron chi connectivity index (χ4n) is 9.72. The Morgan fingerprint density at radius 2 is 0.372 bits per heavy atom. The van der Waals surface area contributed by atoms with Crippen LogP contribution in [0.15, 0.2) is 224 Å². The van der Waals surface area contributed by atoms with Crippen LogP contribution in [0.1, 0.15) is 173 Å². The standard InChI is InChI=1S/C18H22.C16H18.C15H16.C14H14.C9H12.2C8H10.6CH4/c1-11-7-17(8-12(2)15(11)5)18-9-13(3)16(6)14(4)10-18;1-11-5-7-15(9-13(11)3)16-8-6-12(2)14(4)10-16;1-12-3-7-14(8-4-12)11-15-9-5-13(2)6-10-15;1-11-3-7-13(8-4-11)14-9-5-12(2)6-10-14;1-7-4-5-8(2)9(3)6-7;1-7-3-5-8(2)6-4-7;1-7-4-3-5-8(2)6-7;;;;;;/h7-10H,1-6H3;5-10H,1-4H3;3-10H,11H2,1-2H3;3-10H,1-2H3;4-6H,1-3H3;2*3-6H,1-2H3;6*1H4. The van der Waals surface area contributed by atoms with Gasteiger partial charge in [0.25, 0.3) is 0 Å². The fraction of sp³-hybridized carbons (Fsp3) is 0.298. The molecule has 11 aromatic carbocycles. The number of aryl methyl sites for hydroxylation is 19. The van der Waals surface area contributed by atoms with Gasteiger partial charge in [-0.15, -0.1) is 0 Å². The minimum absolute atomic E-state index is 0. The summed E-state index contributed by atoms with van der Waals surface area (Å²) in [6.07, 6.45) is 1.03. The second-order valence-electron chi connectivity index (χ2n) is 24.8. The van der Waals surface area contributed by atoms with Crippen LogP contribution in [0, 0.1) is 145 Å². The maximum absolute atomic E-state index is 2.30. The fourth-order valence-corrected chi connectivity index (χ4v) is 9.72. The van der Waals surface area contributed by atoms with Gasteiger partial charge in [0.15, 0.2) is 0 Å². The predicted molar refractivity (Wildman–Crippen MR) is 431 cm³/mol. The van der Waals surface area contributed by atoms with Crippen molar-refractivity contribution in [2.24, 2.45) is 0 Å². The van der Waals surface area contributed by atoms with E-state index in [1.54, 1.807) is 0 Å². The van der Waals surface area contributed by atoms with Gasteiger partial charge in [-0.1, -0.05) is 319 Å². The molecule has 0 heterocycles. The Morgan fingerprint density at radius 3 is 0.617 bits per heavy atom. The van der Waals surface area contributed by atoms with Crippen molar-refractivity contribution < 1.29 is 0 Å². The molecule has 0 saturated heterocycles. The number of benzene rings is 11. The molecule has 0 saturated carbocycles. The summed E-state index contributed by atoms with van der Waals surface area (Å²) in [6.45, 7) is 45.1. The normalized spacial score (nSPS) is 9.50. The number of hydrogen-bond acceptors (Lipinski definition) is 0. The first-order valence-electron chi connectivity index (χ1n) is 31.4. The van der Waals surface area contributed by atoms with Gasteiger partial charge in [-0.25, -0.2) is 0 Å². The number of hydrogen-bond donors (Lipinski definition) is 0. The predicted octanol–water partition coefficient (Wildman–Crippen LogP) is 28.7. The summed E-state index contributed by atoms with van der Waals surface area (Å²) in [7, 11) is 0. The van der Waals surface area contributed by atoms with Gasteiger partial charge in [0.2, 0.25) is 0 Å². The van der Waals surface area contributed by atoms with Gasteiger partial charge >= 0.3 is 0 Å². The zero-order valence-electron chi connectivity index (χ0n) is 57.6. The molecule has 0 N–H and O–H groups in total. The van der Waals surface area contributed by atoms with Crippen molar-refractivity contribution in [3.63, 3.8) is 0 Å². The van der Waals surface area contributed by atoms with Crippen LogP contribution in [0.25, 0.3) is 33.4 Å². The molecule has 0 aliphatic heterocycles. The summed E-state index contributed by atoms with van der Waals surface area (Å²) in [6, 6.07) is 80.7. The van der Waals surface area contributed by atoms with Gasteiger partial charge in [-0.2, -0.15) is 0 Å². The Morgan fingerprint density at radius 1 is 0.160 bits per heavy atom. The molecule has 0 aromatic heterocycles. The van der Waals surface area contributed by atoms with Gasteiger partial charge in [-0.3, -0.25) is 0 Å². The molecule has 11 rings (SSSR count). The molecule has 0 fully saturated rings. The second-order valence-corrected chi connectivity index (χ2v) is 24.8. The number of rotatable bonds is 5. The molecule has 0 bridgehead atoms. The molecule has 94 heavy (non-hydrogen) atoms. The summed E-state index contributed by atoms with van der Waals surface area (Å²) < 4.78 is 0. The van der Waals surface area contributed by atoms with Crippen LogP contribution in [0.3, 0.4) is 0 Å². The van der Waals surface area contributed by atoms with Crippen molar-refractivity contribution in [1.82, 2.24) is 0 Å². The van der Waals surface area contributed by atoms with Gasteiger partial charge in [0.1, 0.15) is 0 Å². The van der Waals surface area contributed by atoms with E-state index in [0.29, 0.717) is 0 Å². The molecule has 0 spiro atoms. The molecule has 11 aromatic rings.